The summed E-state index contributed by atoms with van der Waals surface area (Å²) in [6.45, 7) is 8.99. The Morgan fingerprint density at radius 2 is 2.14 bits per heavy atom. The average molecular weight is 386 g/mol. The molecule has 0 radical (unpaired) electrons. The van der Waals surface area contributed by atoms with E-state index in [0.717, 1.165) is 63.3 Å². The summed E-state index contributed by atoms with van der Waals surface area (Å²) in [7, 11) is 0. The Morgan fingerprint density at radius 3 is 2.93 bits per heavy atom. The zero-order chi connectivity index (χ0) is 19.3. The second kappa shape index (κ2) is 8.86. The molecule has 28 heavy (non-hydrogen) atoms. The zero-order valence-corrected chi connectivity index (χ0v) is 16.9. The molecule has 8 heteroatoms. The van der Waals surface area contributed by atoms with Crippen LogP contribution in [0.2, 0.25) is 0 Å². The van der Waals surface area contributed by atoms with E-state index in [4.69, 9.17) is 4.52 Å². The molecule has 1 saturated heterocycles. The highest BCUT2D eigenvalue weighted by molar-refractivity contribution is 5.31. The Bertz CT molecular complexity index is 768. The van der Waals surface area contributed by atoms with Crippen LogP contribution in [0.3, 0.4) is 0 Å². The Balaban J connectivity index is 1.16. The van der Waals surface area contributed by atoms with Gasteiger partial charge >= 0.3 is 6.01 Å². The summed E-state index contributed by atoms with van der Waals surface area (Å²) >= 11 is 0. The van der Waals surface area contributed by atoms with E-state index in [2.05, 4.69) is 49.5 Å². The van der Waals surface area contributed by atoms with Crippen molar-refractivity contribution in [1.82, 2.24) is 25.4 Å². The second-order valence-electron chi connectivity index (χ2n) is 8.18. The van der Waals surface area contributed by atoms with Gasteiger partial charge in [-0.1, -0.05) is 19.0 Å². The monoisotopic (exact) mass is 385 g/mol. The minimum Gasteiger partial charge on any atom is -0.354 e. The predicted octanol–water partition coefficient (Wildman–Crippen LogP) is 2.74. The van der Waals surface area contributed by atoms with Crippen LogP contribution in [0.1, 0.15) is 62.5 Å². The zero-order valence-electron chi connectivity index (χ0n) is 16.9. The van der Waals surface area contributed by atoms with Crippen molar-refractivity contribution in [3.05, 3.63) is 23.3 Å². The summed E-state index contributed by atoms with van der Waals surface area (Å²) in [4.78, 5) is 15.8. The van der Waals surface area contributed by atoms with Gasteiger partial charge in [0.15, 0.2) is 5.82 Å². The van der Waals surface area contributed by atoms with Crippen LogP contribution in [0.5, 0.6) is 0 Å². The van der Waals surface area contributed by atoms with Crippen LogP contribution in [-0.4, -0.2) is 46.3 Å². The normalized spacial score (nSPS) is 17.8. The lowest BCUT2D eigenvalue weighted by atomic mass is 9.92. The van der Waals surface area contributed by atoms with Crippen molar-refractivity contribution in [1.29, 1.82) is 0 Å². The van der Waals surface area contributed by atoms with Gasteiger partial charge in [0.25, 0.3) is 0 Å². The molecule has 8 nitrogen and oxygen atoms in total. The van der Waals surface area contributed by atoms with Crippen LogP contribution in [0.15, 0.2) is 10.7 Å². The summed E-state index contributed by atoms with van der Waals surface area (Å²) in [5, 5.41) is 10.8. The van der Waals surface area contributed by atoms with Gasteiger partial charge in [0.05, 0.1) is 5.69 Å². The molecule has 4 rings (SSSR count). The first-order chi connectivity index (χ1) is 13.7. The van der Waals surface area contributed by atoms with Crippen molar-refractivity contribution in [3.63, 3.8) is 0 Å². The maximum absolute atomic E-state index is 5.42. The second-order valence-corrected chi connectivity index (χ2v) is 8.18. The topological polar surface area (TPSA) is 92.0 Å². The fourth-order valence-corrected chi connectivity index (χ4v) is 3.91. The number of piperidine rings is 1. The molecule has 2 aliphatic rings. The summed E-state index contributed by atoms with van der Waals surface area (Å²) in [5.74, 6) is 2.64. The molecule has 2 aromatic heterocycles. The number of anilines is 2. The van der Waals surface area contributed by atoms with Gasteiger partial charge in [-0.3, -0.25) is 0 Å². The highest BCUT2D eigenvalue weighted by Gasteiger charge is 2.23. The molecule has 0 saturated carbocycles. The quantitative estimate of drug-likeness (QED) is 0.703. The van der Waals surface area contributed by atoms with Gasteiger partial charge in [0.1, 0.15) is 0 Å². The number of nitrogens with one attached hydrogen (secondary N) is 2. The third-order valence-electron chi connectivity index (χ3n) is 5.71. The third kappa shape index (κ3) is 4.60. The molecule has 0 aromatic carbocycles. The molecule has 2 aliphatic heterocycles. The summed E-state index contributed by atoms with van der Waals surface area (Å²) in [6, 6.07) is 0.684. The standard InChI is InChI=1S/C20H31N7O/c1-14(2)18-25-20(28-26-18)27-10-6-15(7-11-27)4-3-8-22-19-23-13-16-12-21-9-5-17(16)24-19/h13-15,21H,3-12H2,1-2H3,(H,22,23,24). The van der Waals surface area contributed by atoms with Crippen LogP contribution in [-0.2, 0) is 13.0 Å². The van der Waals surface area contributed by atoms with E-state index in [0.29, 0.717) is 11.9 Å². The lowest BCUT2D eigenvalue weighted by molar-refractivity contribution is 0.346. The molecule has 1 fully saturated rings. The largest absolute Gasteiger partial charge is 0.354 e. The van der Waals surface area contributed by atoms with E-state index in [1.807, 2.05) is 6.20 Å². The molecule has 0 atom stereocenters. The molecule has 0 bridgehead atoms. The highest BCUT2D eigenvalue weighted by Crippen LogP contribution is 2.26. The Morgan fingerprint density at radius 1 is 1.29 bits per heavy atom. The number of fused-ring (bicyclic) bond motifs is 1. The van der Waals surface area contributed by atoms with Crippen molar-refractivity contribution in [2.24, 2.45) is 5.92 Å². The first-order valence-corrected chi connectivity index (χ1v) is 10.6. The fourth-order valence-electron chi connectivity index (χ4n) is 3.91. The Hall–Kier alpha value is -2.22. The van der Waals surface area contributed by atoms with E-state index in [1.54, 1.807) is 0 Å². The van der Waals surface area contributed by atoms with Crippen molar-refractivity contribution >= 4 is 12.0 Å². The molecule has 152 valence electrons. The van der Waals surface area contributed by atoms with Crippen LogP contribution in [0.25, 0.3) is 0 Å². The van der Waals surface area contributed by atoms with E-state index >= 15 is 0 Å². The Kier molecular flexibility index (Phi) is 6.04. The smallest absolute Gasteiger partial charge is 0.324 e. The molecule has 2 N–H and O–H groups in total. The number of rotatable bonds is 7. The van der Waals surface area contributed by atoms with Crippen molar-refractivity contribution in [2.45, 2.75) is 58.4 Å². The van der Waals surface area contributed by atoms with E-state index < -0.39 is 0 Å². The number of hydrogen-bond acceptors (Lipinski definition) is 8. The van der Waals surface area contributed by atoms with Gasteiger partial charge in [-0.05, 0) is 31.6 Å². The minimum atomic E-state index is 0.304. The van der Waals surface area contributed by atoms with E-state index in [9.17, 15) is 0 Å². The number of nitrogens with zero attached hydrogens (tertiary/aromatic N) is 5. The fraction of sp³-hybridized carbons (Fsp3) is 0.700. The maximum atomic E-state index is 5.42. The lowest BCUT2D eigenvalue weighted by Gasteiger charge is -2.30. The molecular formula is C20H31N7O. The predicted molar refractivity (Wildman–Crippen MR) is 108 cm³/mol. The SMILES string of the molecule is CC(C)c1noc(N2CCC(CCCNc3ncc4c(n3)CCNC4)CC2)n1. The van der Waals surface area contributed by atoms with Crippen LogP contribution >= 0.6 is 0 Å². The van der Waals surface area contributed by atoms with Crippen LogP contribution in [0.4, 0.5) is 12.0 Å². The average Bonchev–Trinajstić information content (AvgIpc) is 3.22. The maximum Gasteiger partial charge on any atom is 0.324 e. The first kappa shape index (κ1) is 19.1. The number of hydrogen-bond donors (Lipinski definition) is 2. The third-order valence-corrected chi connectivity index (χ3v) is 5.71. The van der Waals surface area contributed by atoms with E-state index in [-0.39, 0.29) is 0 Å². The van der Waals surface area contributed by atoms with Crippen LogP contribution in [0, 0.1) is 5.92 Å². The summed E-state index contributed by atoms with van der Waals surface area (Å²) in [6.07, 6.45) is 7.68. The summed E-state index contributed by atoms with van der Waals surface area (Å²) in [5.41, 5.74) is 2.41. The molecule has 2 aromatic rings. The molecule has 0 aliphatic carbocycles. The molecule has 0 amide bonds. The number of aromatic nitrogens is 4. The van der Waals surface area contributed by atoms with Gasteiger partial charge in [-0.15, -0.1) is 0 Å². The molecule has 0 spiro atoms. The Labute approximate surface area is 166 Å². The van der Waals surface area contributed by atoms with Gasteiger partial charge < -0.3 is 20.1 Å². The van der Waals surface area contributed by atoms with E-state index in [1.165, 1.54) is 30.5 Å². The summed E-state index contributed by atoms with van der Waals surface area (Å²) < 4.78 is 5.42. The first-order valence-electron chi connectivity index (χ1n) is 10.6. The minimum absolute atomic E-state index is 0.304. The van der Waals surface area contributed by atoms with Gasteiger partial charge in [-0.25, -0.2) is 9.97 Å². The van der Waals surface area contributed by atoms with Crippen LogP contribution < -0.4 is 15.5 Å². The highest BCUT2D eigenvalue weighted by atomic mass is 16.5. The van der Waals surface area contributed by atoms with Gasteiger partial charge in [0, 0.05) is 56.8 Å². The molecule has 4 heterocycles. The van der Waals surface area contributed by atoms with Crippen molar-refractivity contribution < 1.29 is 4.52 Å². The van der Waals surface area contributed by atoms with Gasteiger partial charge in [-0.2, -0.15) is 4.98 Å². The lowest BCUT2D eigenvalue weighted by Crippen LogP contribution is -2.34. The molecular weight excluding hydrogens is 354 g/mol. The van der Waals surface area contributed by atoms with Crippen molar-refractivity contribution in [3.8, 4) is 0 Å². The van der Waals surface area contributed by atoms with Gasteiger partial charge in [0.2, 0.25) is 5.95 Å². The molecule has 0 unspecified atom stereocenters. The van der Waals surface area contributed by atoms with Crippen molar-refractivity contribution in [2.75, 3.05) is 36.4 Å².